The Kier molecular flexibility index (Phi) is 14.0. The van der Waals surface area contributed by atoms with Crippen LogP contribution in [0.15, 0.2) is 102 Å². The van der Waals surface area contributed by atoms with Crippen LogP contribution < -0.4 is 20.3 Å². The molecular weight excluding hydrogens is 781 g/mol. The second kappa shape index (κ2) is 18.7. The van der Waals surface area contributed by atoms with Crippen molar-refractivity contribution >= 4 is 68.6 Å². The lowest BCUT2D eigenvalue weighted by Gasteiger charge is -2.34. The molecule has 3 N–H and O–H groups in total. The van der Waals surface area contributed by atoms with E-state index in [4.69, 9.17) is 32.7 Å². The van der Waals surface area contributed by atoms with Crippen LogP contribution in [0.2, 0.25) is 10.0 Å². The Bertz CT molecular complexity index is 2150. The van der Waals surface area contributed by atoms with Gasteiger partial charge in [-0.2, -0.15) is 0 Å². The third-order valence-electron chi connectivity index (χ3n) is 9.34. The normalized spacial score (nSPS) is 15.4. The highest BCUT2D eigenvalue weighted by Crippen LogP contribution is 2.49. The fourth-order valence-electron chi connectivity index (χ4n) is 6.46. The van der Waals surface area contributed by atoms with Crippen LogP contribution in [0.5, 0.6) is 0 Å². The number of anilines is 2. The number of nitrogens with zero attached hydrogens (tertiary/aromatic N) is 2. The molecule has 0 saturated heterocycles. The zero-order valence-corrected chi connectivity index (χ0v) is 33.4. The largest absolute Gasteiger partial charge is 0.468 e. The van der Waals surface area contributed by atoms with Gasteiger partial charge in [-0.05, 0) is 87.2 Å². The van der Waals surface area contributed by atoms with Gasteiger partial charge in [-0.25, -0.2) is 22.3 Å². The van der Waals surface area contributed by atoms with E-state index in [0.717, 1.165) is 5.56 Å². The molecule has 1 aliphatic heterocycles. The Morgan fingerprint density at radius 2 is 1.55 bits per heavy atom. The fourth-order valence-corrected chi connectivity index (χ4v) is 8.38. The van der Waals surface area contributed by atoms with Crippen molar-refractivity contribution in [3.05, 3.63) is 124 Å². The van der Waals surface area contributed by atoms with Gasteiger partial charge in [-0.1, -0.05) is 71.7 Å². The topological polar surface area (TPSA) is 163 Å². The van der Waals surface area contributed by atoms with Gasteiger partial charge in [0.05, 0.1) is 17.7 Å². The average Bonchev–Trinajstić information content (AvgIpc) is 3.44. The van der Waals surface area contributed by atoms with E-state index in [0.29, 0.717) is 35.9 Å². The molecule has 4 aromatic carbocycles. The second-order valence-electron chi connectivity index (χ2n) is 12.8. The number of esters is 1. The number of hydrogen-bond donors (Lipinski definition) is 3. The number of alkyl carbamates (subject to hydrolysis) is 1. The number of urea groups is 1. The molecule has 1 heterocycles. The Hall–Kier alpha value is -5.15. The van der Waals surface area contributed by atoms with E-state index in [-0.39, 0.29) is 57.4 Å². The van der Waals surface area contributed by atoms with Crippen molar-refractivity contribution in [1.29, 1.82) is 0 Å². The minimum Gasteiger partial charge on any atom is -0.468 e. The zero-order chi connectivity index (χ0) is 40.5. The molecule has 56 heavy (non-hydrogen) atoms. The number of rotatable bonds is 16. The summed E-state index contributed by atoms with van der Waals surface area (Å²) in [6.07, 6.45) is 0.326. The van der Waals surface area contributed by atoms with Crippen LogP contribution in [0.3, 0.4) is 0 Å². The molecule has 0 aromatic heterocycles. The highest BCUT2D eigenvalue weighted by molar-refractivity contribution is 7.93. The number of fused-ring (bicyclic) bond motifs is 1. The van der Waals surface area contributed by atoms with Crippen LogP contribution in [-0.2, 0) is 41.2 Å². The highest BCUT2D eigenvalue weighted by Gasteiger charge is 2.58. The number of sulfonamides is 1. The maximum Gasteiger partial charge on any atom is 0.407 e. The van der Waals surface area contributed by atoms with Crippen molar-refractivity contribution in [3.8, 4) is 0 Å². The van der Waals surface area contributed by atoms with Gasteiger partial charge in [-0.3, -0.25) is 14.9 Å². The monoisotopic (exact) mass is 823 g/mol. The number of methoxy groups -OCH3 is 1. The van der Waals surface area contributed by atoms with Gasteiger partial charge in [0, 0.05) is 46.5 Å². The molecule has 0 radical (unpaired) electrons. The summed E-state index contributed by atoms with van der Waals surface area (Å²) in [6, 6.07) is 23.9. The Morgan fingerprint density at radius 3 is 2.21 bits per heavy atom. The first-order valence-corrected chi connectivity index (χ1v) is 20.2. The molecule has 4 amide bonds. The molecule has 1 unspecified atom stereocenters. The van der Waals surface area contributed by atoms with Crippen LogP contribution in [0.1, 0.15) is 49.8 Å². The number of benzene rings is 4. The highest BCUT2D eigenvalue weighted by atomic mass is 35.5. The lowest BCUT2D eigenvalue weighted by molar-refractivity contribution is -0.144. The van der Waals surface area contributed by atoms with Crippen molar-refractivity contribution in [2.75, 3.05) is 36.4 Å². The molecule has 0 spiro atoms. The van der Waals surface area contributed by atoms with Crippen LogP contribution in [-0.4, -0.2) is 70.1 Å². The van der Waals surface area contributed by atoms with Crippen molar-refractivity contribution in [1.82, 2.24) is 15.5 Å². The van der Waals surface area contributed by atoms with E-state index in [1.165, 1.54) is 49.6 Å². The van der Waals surface area contributed by atoms with Crippen molar-refractivity contribution in [2.45, 2.75) is 56.2 Å². The van der Waals surface area contributed by atoms with Crippen LogP contribution in [0.4, 0.5) is 21.0 Å². The van der Waals surface area contributed by atoms with Gasteiger partial charge >= 0.3 is 18.1 Å². The maximum absolute atomic E-state index is 15.1. The molecule has 0 bridgehead atoms. The predicted octanol–water partition coefficient (Wildman–Crippen LogP) is 7.07. The molecule has 2 atom stereocenters. The lowest BCUT2D eigenvalue weighted by atomic mass is 9.82. The average molecular weight is 825 g/mol. The van der Waals surface area contributed by atoms with E-state index in [2.05, 4.69) is 16.0 Å². The van der Waals surface area contributed by atoms with Gasteiger partial charge in [0.1, 0.15) is 12.6 Å². The quantitative estimate of drug-likeness (QED) is 0.0792. The summed E-state index contributed by atoms with van der Waals surface area (Å²) in [6.45, 7) is 4.99. The van der Waals surface area contributed by atoms with E-state index >= 15 is 4.79 Å². The molecule has 5 rings (SSSR count). The molecule has 1 aliphatic rings. The molecule has 0 aliphatic carbocycles. The number of halogens is 2. The zero-order valence-electron chi connectivity index (χ0n) is 31.1. The van der Waals surface area contributed by atoms with Gasteiger partial charge in [0.2, 0.25) is 0 Å². The molecule has 13 nitrogen and oxygen atoms in total. The summed E-state index contributed by atoms with van der Waals surface area (Å²) in [7, 11) is -3.42. The Morgan fingerprint density at radius 1 is 0.875 bits per heavy atom. The summed E-state index contributed by atoms with van der Waals surface area (Å²) in [4.78, 5) is 54.7. The third kappa shape index (κ3) is 9.10. The smallest absolute Gasteiger partial charge is 0.407 e. The summed E-state index contributed by atoms with van der Waals surface area (Å²) < 4.78 is 40.1. The maximum atomic E-state index is 15.1. The Balaban J connectivity index is 1.44. The van der Waals surface area contributed by atoms with E-state index in [1.807, 2.05) is 44.2 Å². The van der Waals surface area contributed by atoms with E-state index in [1.54, 1.807) is 29.2 Å². The number of carbonyl (C=O) groups excluding carboxylic acids is 4. The minimum atomic E-state index is -4.63. The van der Waals surface area contributed by atoms with E-state index < -0.39 is 39.6 Å². The lowest BCUT2D eigenvalue weighted by Crippen LogP contribution is -2.58. The number of nitrogens with one attached hydrogen (secondary N) is 3. The summed E-state index contributed by atoms with van der Waals surface area (Å²) in [5.41, 5.74) is -0.528. The summed E-state index contributed by atoms with van der Waals surface area (Å²) in [5.74, 6) is -1.68. The molecule has 16 heteroatoms. The number of amides is 4. The fraction of sp³-hybridized carbons (Fsp3) is 0.300. The molecule has 296 valence electrons. The third-order valence-corrected chi connectivity index (χ3v) is 11.6. The van der Waals surface area contributed by atoms with Gasteiger partial charge in [0.25, 0.3) is 15.9 Å². The first-order valence-electron chi connectivity index (χ1n) is 18.0. The molecule has 0 fully saturated rings. The van der Waals surface area contributed by atoms with Gasteiger partial charge in [-0.15, -0.1) is 0 Å². The number of unbranched alkanes of at least 4 members (excludes halogenated alkanes) is 1. The van der Waals surface area contributed by atoms with Gasteiger partial charge < -0.3 is 25.0 Å². The molecule has 4 aromatic rings. The number of hydrogen-bond acceptors (Lipinski definition) is 9. The summed E-state index contributed by atoms with van der Waals surface area (Å²) in [5, 5.41) is 8.93. The first kappa shape index (κ1) is 42.0. The van der Waals surface area contributed by atoms with E-state index in [9.17, 15) is 22.8 Å². The SMILES string of the molecule is CCN(CC)C(=O)Nc1ccc(S(=O)(=O)N2C(=O)C(N[C@H](CCCCNC(=O)OCc3ccccc3)C(=O)OC)(c3ccccc3Cl)c3cc(Cl)ccc32)cc1. The predicted molar refractivity (Wildman–Crippen MR) is 214 cm³/mol. The Labute approximate surface area is 336 Å². The first-order chi connectivity index (χ1) is 26.9. The minimum absolute atomic E-state index is 0.00689. The van der Waals surface area contributed by atoms with Crippen molar-refractivity contribution < 1.29 is 37.1 Å². The summed E-state index contributed by atoms with van der Waals surface area (Å²) >= 11 is 13.3. The number of carbonyl (C=O) groups is 4. The van der Waals surface area contributed by atoms with Crippen LogP contribution >= 0.6 is 23.2 Å². The standard InChI is InChI=1S/C40H43Cl2N5O8S/c1-4-46(5-2)38(50)44-29-19-21-30(22-20-29)56(52,53)47-35-23-18-28(41)25-32(35)40(37(47)49,31-15-9-10-16-33(31)42)45-34(36(48)54-3)17-11-12-24-43-39(51)55-26-27-13-7-6-8-14-27/h6-10,13-16,18-23,25,34,45H,4-5,11-12,17,24,26H2,1-3H3,(H,43,51)(H,44,50)/t34-,40?/m1/s1. The van der Waals surface area contributed by atoms with Crippen LogP contribution in [0, 0.1) is 0 Å². The van der Waals surface area contributed by atoms with Crippen molar-refractivity contribution in [2.24, 2.45) is 0 Å². The number of ether oxygens (including phenoxy) is 2. The molecule has 0 saturated carbocycles. The molecular formula is C40H43Cl2N5O8S. The van der Waals surface area contributed by atoms with Gasteiger partial charge in [0.15, 0.2) is 5.54 Å². The second-order valence-corrected chi connectivity index (χ2v) is 15.4. The van der Waals surface area contributed by atoms with Crippen molar-refractivity contribution in [3.63, 3.8) is 0 Å². The van der Waals surface area contributed by atoms with Crippen LogP contribution in [0.25, 0.3) is 0 Å².